The standard InChI is InChI=1S/C14H17N3O2S/c1-10-16-8-11(20-10)9-17-12-4-2-3-5-13(12)19-7-6-14(15)18/h2-5,8,17H,6-7,9H2,1H3,(H2,15,18). The molecule has 0 atom stereocenters. The van der Waals surface area contributed by atoms with Gasteiger partial charge < -0.3 is 15.8 Å². The number of nitrogens with zero attached hydrogens (tertiary/aromatic N) is 1. The molecule has 1 aromatic heterocycles. The molecule has 0 aliphatic rings. The summed E-state index contributed by atoms with van der Waals surface area (Å²) in [5.41, 5.74) is 5.98. The second kappa shape index (κ2) is 6.91. The van der Waals surface area contributed by atoms with E-state index in [1.54, 1.807) is 11.3 Å². The van der Waals surface area contributed by atoms with Gasteiger partial charge in [0.15, 0.2) is 0 Å². The maximum absolute atomic E-state index is 10.7. The van der Waals surface area contributed by atoms with Crippen molar-refractivity contribution in [2.45, 2.75) is 19.9 Å². The summed E-state index contributed by atoms with van der Waals surface area (Å²) >= 11 is 1.66. The summed E-state index contributed by atoms with van der Waals surface area (Å²) in [4.78, 5) is 16.1. The molecule has 0 aliphatic carbocycles. The Labute approximate surface area is 121 Å². The number of primary amides is 1. The highest BCUT2D eigenvalue weighted by atomic mass is 32.1. The summed E-state index contributed by atoms with van der Waals surface area (Å²) < 4.78 is 5.57. The number of hydrogen-bond donors (Lipinski definition) is 2. The molecule has 106 valence electrons. The van der Waals surface area contributed by atoms with E-state index < -0.39 is 0 Å². The number of nitrogens with one attached hydrogen (secondary N) is 1. The van der Waals surface area contributed by atoms with Gasteiger partial charge in [0.1, 0.15) is 5.75 Å². The predicted molar refractivity (Wildman–Crippen MR) is 79.9 cm³/mol. The highest BCUT2D eigenvalue weighted by Gasteiger charge is 2.04. The smallest absolute Gasteiger partial charge is 0.220 e. The highest BCUT2D eigenvalue weighted by molar-refractivity contribution is 7.11. The first-order chi connectivity index (χ1) is 9.65. The Balaban J connectivity index is 1.94. The number of anilines is 1. The van der Waals surface area contributed by atoms with Gasteiger partial charge in [-0.25, -0.2) is 4.98 Å². The third kappa shape index (κ3) is 4.24. The van der Waals surface area contributed by atoms with E-state index >= 15 is 0 Å². The molecule has 0 aliphatic heterocycles. The molecule has 2 aromatic rings. The van der Waals surface area contributed by atoms with Crippen LogP contribution in [-0.4, -0.2) is 17.5 Å². The van der Waals surface area contributed by atoms with Gasteiger partial charge in [0.2, 0.25) is 5.91 Å². The number of thiazole rings is 1. The van der Waals surface area contributed by atoms with Gasteiger partial charge in [0, 0.05) is 11.1 Å². The summed E-state index contributed by atoms with van der Waals surface area (Å²) in [6, 6.07) is 7.62. The van der Waals surface area contributed by atoms with Crippen molar-refractivity contribution in [2.75, 3.05) is 11.9 Å². The summed E-state index contributed by atoms with van der Waals surface area (Å²) in [5, 5.41) is 4.36. The fourth-order valence-corrected chi connectivity index (χ4v) is 2.40. The third-order valence-corrected chi connectivity index (χ3v) is 3.53. The van der Waals surface area contributed by atoms with E-state index in [4.69, 9.17) is 10.5 Å². The average molecular weight is 291 g/mol. The van der Waals surface area contributed by atoms with Crippen molar-refractivity contribution in [2.24, 2.45) is 5.73 Å². The van der Waals surface area contributed by atoms with Crippen LogP contribution in [0.4, 0.5) is 5.69 Å². The number of ether oxygens (including phenoxy) is 1. The van der Waals surface area contributed by atoms with Crippen LogP contribution >= 0.6 is 11.3 Å². The van der Waals surface area contributed by atoms with Gasteiger partial charge in [-0.05, 0) is 19.1 Å². The minimum absolute atomic E-state index is 0.211. The van der Waals surface area contributed by atoms with Crippen LogP contribution in [0, 0.1) is 6.92 Å². The Morgan fingerprint density at radius 1 is 1.45 bits per heavy atom. The zero-order valence-electron chi connectivity index (χ0n) is 11.3. The Morgan fingerprint density at radius 2 is 2.25 bits per heavy atom. The first-order valence-electron chi connectivity index (χ1n) is 6.30. The SMILES string of the molecule is Cc1ncc(CNc2ccccc2OCCC(N)=O)s1. The Kier molecular flexibility index (Phi) is 4.95. The largest absolute Gasteiger partial charge is 0.491 e. The zero-order chi connectivity index (χ0) is 14.4. The van der Waals surface area contributed by atoms with Gasteiger partial charge in [0.05, 0.1) is 30.3 Å². The molecule has 0 spiro atoms. The van der Waals surface area contributed by atoms with Crippen molar-refractivity contribution in [3.05, 3.63) is 40.3 Å². The topological polar surface area (TPSA) is 77.2 Å². The number of carbonyl (C=O) groups excluding carboxylic acids is 1. The summed E-state index contributed by atoms with van der Waals surface area (Å²) in [6.45, 7) is 2.96. The van der Waals surface area contributed by atoms with Crippen LogP contribution in [0.2, 0.25) is 0 Å². The summed E-state index contributed by atoms with van der Waals surface area (Å²) in [6.07, 6.45) is 2.08. The highest BCUT2D eigenvalue weighted by Crippen LogP contribution is 2.25. The predicted octanol–water partition coefficient (Wildman–Crippen LogP) is 2.32. The molecule has 2 rings (SSSR count). The molecule has 1 amide bonds. The van der Waals surface area contributed by atoms with E-state index in [-0.39, 0.29) is 18.9 Å². The second-order valence-electron chi connectivity index (χ2n) is 4.26. The number of aryl methyl sites for hydroxylation is 1. The summed E-state index contributed by atoms with van der Waals surface area (Å²) in [5.74, 6) is 0.352. The van der Waals surface area contributed by atoms with E-state index in [1.807, 2.05) is 37.4 Å². The van der Waals surface area contributed by atoms with Gasteiger partial charge in [-0.3, -0.25) is 4.79 Å². The third-order valence-electron chi connectivity index (χ3n) is 2.62. The van der Waals surface area contributed by atoms with E-state index in [0.717, 1.165) is 21.3 Å². The molecular weight excluding hydrogens is 274 g/mol. The van der Waals surface area contributed by atoms with Crippen molar-refractivity contribution in [3.8, 4) is 5.75 Å². The molecule has 0 saturated carbocycles. The Bertz CT molecular complexity index is 583. The van der Waals surface area contributed by atoms with Gasteiger partial charge in [-0.15, -0.1) is 11.3 Å². The van der Waals surface area contributed by atoms with Crippen LogP contribution in [-0.2, 0) is 11.3 Å². The van der Waals surface area contributed by atoms with Crippen molar-refractivity contribution in [3.63, 3.8) is 0 Å². The molecule has 5 nitrogen and oxygen atoms in total. The lowest BCUT2D eigenvalue weighted by Crippen LogP contribution is -2.15. The number of nitrogens with two attached hydrogens (primary N) is 1. The number of aromatic nitrogens is 1. The lowest BCUT2D eigenvalue weighted by atomic mass is 10.3. The monoisotopic (exact) mass is 291 g/mol. The molecule has 3 N–H and O–H groups in total. The molecule has 20 heavy (non-hydrogen) atoms. The van der Waals surface area contributed by atoms with Gasteiger partial charge >= 0.3 is 0 Å². The first kappa shape index (κ1) is 14.3. The maximum Gasteiger partial charge on any atom is 0.220 e. The first-order valence-corrected chi connectivity index (χ1v) is 7.12. The maximum atomic E-state index is 10.7. The molecule has 0 bridgehead atoms. The van der Waals surface area contributed by atoms with Crippen LogP contribution in [0.1, 0.15) is 16.3 Å². The lowest BCUT2D eigenvalue weighted by molar-refractivity contribution is -0.118. The second-order valence-corrected chi connectivity index (χ2v) is 5.58. The number of para-hydroxylation sites is 2. The molecule has 1 aromatic carbocycles. The van der Waals surface area contributed by atoms with Gasteiger partial charge in [-0.2, -0.15) is 0 Å². The quantitative estimate of drug-likeness (QED) is 0.820. The van der Waals surface area contributed by atoms with Crippen LogP contribution in [0.3, 0.4) is 0 Å². The molecule has 0 saturated heterocycles. The van der Waals surface area contributed by atoms with Crippen molar-refractivity contribution in [1.82, 2.24) is 4.98 Å². The van der Waals surface area contributed by atoms with E-state index in [9.17, 15) is 4.79 Å². The van der Waals surface area contributed by atoms with E-state index in [1.165, 1.54) is 0 Å². The molecule has 1 heterocycles. The number of benzene rings is 1. The number of amides is 1. The summed E-state index contributed by atoms with van der Waals surface area (Å²) in [7, 11) is 0. The van der Waals surface area contributed by atoms with Crippen LogP contribution < -0.4 is 15.8 Å². The number of hydrogen-bond acceptors (Lipinski definition) is 5. The van der Waals surface area contributed by atoms with Gasteiger partial charge in [0.25, 0.3) is 0 Å². The molecular formula is C14H17N3O2S. The van der Waals surface area contributed by atoms with Crippen molar-refractivity contribution < 1.29 is 9.53 Å². The average Bonchev–Trinajstić information content (AvgIpc) is 2.83. The molecule has 0 unspecified atom stereocenters. The van der Waals surface area contributed by atoms with E-state index in [0.29, 0.717) is 6.54 Å². The minimum Gasteiger partial charge on any atom is -0.491 e. The number of rotatable bonds is 7. The fourth-order valence-electron chi connectivity index (χ4n) is 1.67. The normalized spacial score (nSPS) is 10.2. The van der Waals surface area contributed by atoms with E-state index in [2.05, 4.69) is 10.3 Å². The fraction of sp³-hybridized carbons (Fsp3) is 0.286. The van der Waals surface area contributed by atoms with Crippen LogP contribution in [0.15, 0.2) is 30.5 Å². The van der Waals surface area contributed by atoms with Gasteiger partial charge in [-0.1, -0.05) is 12.1 Å². The molecule has 6 heteroatoms. The van der Waals surface area contributed by atoms with Crippen LogP contribution in [0.25, 0.3) is 0 Å². The zero-order valence-corrected chi connectivity index (χ0v) is 12.1. The van der Waals surface area contributed by atoms with Crippen molar-refractivity contribution >= 4 is 22.9 Å². The lowest BCUT2D eigenvalue weighted by Gasteiger charge is -2.12. The molecule has 0 radical (unpaired) electrons. The minimum atomic E-state index is -0.365. The Hall–Kier alpha value is -2.08. The molecule has 0 fully saturated rings. The Morgan fingerprint density at radius 3 is 2.95 bits per heavy atom. The number of carbonyl (C=O) groups is 1. The van der Waals surface area contributed by atoms with Crippen molar-refractivity contribution in [1.29, 1.82) is 0 Å². The van der Waals surface area contributed by atoms with Crippen LogP contribution in [0.5, 0.6) is 5.75 Å².